The van der Waals surface area contributed by atoms with Gasteiger partial charge in [-0.25, -0.2) is 14.6 Å². The van der Waals surface area contributed by atoms with Crippen LogP contribution in [0.1, 0.15) is 16.1 Å². The Morgan fingerprint density at radius 1 is 1.16 bits per heavy atom. The summed E-state index contributed by atoms with van der Waals surface area (Å²) in [5.41, 5.74) is 1.32. The van der Waals surface area contributed by atoms with Crippen molar-refractivity contribution in [2.75, 3.05) is 5.32 Å². The molecule has 126 valence electrons. The number of amides is 1. The van der Waals surface area contributed by atoms with Gasteiger partial charge in [0.15, 0.2) is 10.8 Å². The van der Waals surface area contributed by atoms with Gasteiger partial charge < -0.3 is 9.84 Å². The minimum atomic E-state index is -1.18. The molecule has 0 bridgehead atoms. The largest absolute Gasteiger partial charge is 0.476 e. The monoisotopic (exact) mass is 355 g/mol. The molecule has 2 heterocycles. The Bertz CT molecular complexity index is 881. The fourth-order valence-corrected chi connectivity index (χ4v) is 2.99. The summed E-state index contributed by atoms with van der Waals surface area (Å²) in [5.74, 6) is -1.18. The molecule has 0 radical (unpaired) electrons. The number of carbonyl (C=O) groups is 2. The molecule has 0 aliphatic carbocycles. The number of pyridine rings is 1. The molecule has 2 N–H and O–H groups in total. The van der Waals surface area contributed by atoms with Crippen LogP contribution in [-0.2, 0) is 11.3 Å². The number of ether oxygens (including phenoxy) is 1. The molecule has 0 aliphatic heterocycles. The number of carboxylic acids is 1. The van der Waals surface area contributed by atoms with Crippen LogP contribution in [0.3, 0.4) is 0 Å². The van der Waals surface area contributed by atoms with Crippen molar-refractivity contribution < 1.29 is 19.4 Å². The number of carboxylic acid groups (broad SMARTS) is 1. The molecule has 8 heteroatoms. The zero-order chi connectivity index (χ0) is 17.6. The van der Waals surface area contributed by atoms with Crippen LogP contribution in [0, 0.1) is 0 Å². The summed E-state index contributed by atoms with van der Waals surface area (Å²) in [5, 5.41) is 11.9. The molecule has 1 amide bonds. The first-order valence-electron chi connectivity index (χ1n) is 7.25. The molecule has 0 aliphatic rings. The molecule has 0 atom stereocenters. The van der Waals surface area contributed by atoms with Gasteiger partial charge in [-0.2, -0.15) is 0 Å². The lowest BCUT2D eigenvalue weighted by molar-refractivity contribution is 0.0692. The van der Waals surface area contributed by atoms with Gasteiger partial charge in [-0.3, -0.25) is 10.3 Å². The first-order valence-corrected chi connectivity index (χ1v) is 8.07. The summed E-state index contributed by atoms with van der Waals surface area (Å²) in [6, 6.07) is 12.6. The highest BCUT2D eigenvalue weighted by Gasteiger charge is 2.20. The van der Waals surface area contributed by atoms with Crippen molar-refractivity contribution in [2.45, 2.75) is 6.61 Å². The van der Waals surface area contributed by atoms with Gasteiger partial charge >= 0.3 is 12.1 Å². The average molecular weight is 355 g/mol. The minimum Gasteiger partial charge on any atom is -0.476 e. The minimum absolute atomic E-state index is 0.110. The van der Waals surface area contributed by atoms with Gasteiger partial charge in [-0.05, 0) is 11.6 Å². The van der Waals surface area contributed by atoms with E-state index in [1.807, 2.05) is 30.3 Å². The molecule has 25 heavy (non-hydrogen) atoms. The number of hydrogen-bond acceptors (Lipinski definition) is 6. The second kappa shape index (κ2) is 7.54. The summed E-state index contributed by atoms with van der Waals surface area (Å²) in [6.07, 6.45) is 2.43. The van der Waals surface area contributed by atoms with Gasteiger partial charge in [0.05, 0.1) is 4.88 Å². The Hall–Kier alpha value is -3.26. The molecule has 0 saturated heterocycles. The third-order valence-electron chi connectivity index (χ3n) is 3.18. The fourth-order valence-electron chi connectivity index (χ4n) is 2.06. The van der Waals surface area contributed by atoms with Crippen LogP contribution >= 0.6 is 11.3 Å². The Kier molecular flexibility index (Phi) is 5.00. The number of carbonyl (C=O) groups excluding carboxylic acids is 1. The number of hydrogen-bond donors (Lipinski definition) is 2. The number of benzene rings is 1. The van der Waals surface area contributed by atoms with Crippen molar-refractivity contribution in [3.63, 3.8) is 0 Å². The van der Waals surface area contributed by atoms with Crippen LogP contribution in [0.15, 0.2) is 54.9 Å². The quantitative estimate of drug-likeness (QED) is 0.724. The van der Waals surface area contributed by atoms with Gasteiger partial charge in [-0.1, -0.05) is 47.7 Å². The molecule has 1 aromatic carbocycles. The first-order chi connectivity index (χ1) is 12.1. The standard InChI is InChI=1S/C17H13N3O4S/c21-15(22)13-14(12-7-4-8-18-9-12)25-16(19-13)20-17(23)24-10-11-5-2-1-3-6-11/h1-9H,10H2,(H,21,22)(H,19,20,23). The number of aromatic carboxylic acids is 1. The third kappa shape index (κ3) is 4.18. The number of rotatable bonds is 5. The van der Waals surface area contributed by atoms with Gasteiger partial charge in [0, 0.05) is 18.0 Å². The van der Waals surface area contributed by atoms with Crippen molar-refractivity contribution in [1.82, 2.24) is 9.97 Å². The fraction of sp³-hybridized carbons (Fsp3) is 0.0588. The number of aromatic nitrogens is 2. The van der Waals surface area contributed by atoms with Gasteiger partial charge in [0.1, 0.15) is 6.61 Å². The van der Waals surface area contributed by atoms with E-state index < -0.39 is 12.1 Å². The highest BCUT2D eigenvalue weighted by atomic mass is 32.1. The van der Waals surface area contributed by atoms with Crippen molar-refractivity contribution >= 4 is 28.5 Å². The van der Waals surface area contributed by atoms with E-state index >= 15 is 0 Å². The second-order valence-electron chi connectivity index (χ2n) is 4.93. The van der Waals surface area contributed by atoms with Crippen molar-refractivity contribution in [1.29, 1.82) is 0 Å². The topological polar surface area (TPSA) is 101 Å². The smallest absolute Gasteiger partial charge is 0.413 e. The zero-order valence-corrected chi connectivity index (χ0v) is 13.7. The van der Waals surface area contributed by atoms with Gasteiger partial charge in [0.25, 0.3) is 0 Å². The molecular weight excluding hydrogens is 342 g/mol. The maximum absolute atomic E-state index is 11.9. The lowest BCUT2D eigenvalue weighted by Gasteiger charge is -2.04. The zero-order valence-electron chi connectivity index (χ0n) is 12.9. The Morgan fingerprint density at radius 2 is 1.96 bits per heavy atom. The summed E-state index contributed by atoms with van der Waals surface area (Å²) >= 11 is 1.05. The van der Waals surface area contributed by atoms with Crippen LogP contribution in [0.25, 0.3) is 10.4 Å². The molecule has 3 rings (SSSR count). The summed E-state index contributed by atoms with van der Waals surface area (Å²) in [6.45, 7) is 0.110. The van der Waals surface area contributed by atoms with E-state index in [1.165, 1.54) is 6.20 Å². The summed E-state index contributed by atoms with van der Waals surface area (Å²) in [4.78, 5) is 31.6. The van der Waals surface area contributed by atoms with Crippen LogP contribution in [-0.4, -0.2) is 27.1 Å². The van der Waals surface area contributed by atoms with Crippen molar-refractivity contribution in [3.8, 4) is 10.4 Å². The Balaban J connectivity index is 1.72. The van der Waals surface area contributed by atoms with Crippen LogP contribution < -0.4 is 5.32 Å². The average Bonchev–Trinajstić information content (AvgIpc) is 3.06. The van der Waals surface area contributed by atoms with Gasteiger partial charge in [-0.15, -0.1) is 0 Å². The molecule has 2 aromatic heterocycles. The lowest BCUT2D eigenvalue weighted by atomic mass is 10.2. The second-order valence-corrected chi connectivity index (χ2v) is 5.93. The molecule has 3 aromatic rings. The van der Waals surface area contributed by atoms with Crippen molar-refractivity contribution in [3.05, 3.63) is 66.1 Å². The van der Waals surface area contributed by atoms with E-state index in [0.717, 1.165) is 16.9 Å². The maximum atomic E-state index is 11.9. The summed E-state index contributed by atoms with van der Waals surface area (Å²) < 4.78 is 5.10. The van der Waals surface area contributed by atoms with E-state index in [0.29, 0.717) is 10.4 Å². The van der Waals surface area contributed by atoms with E-state index in [9.17, 15) is 14.7 Å². The van der Waals surface area contributed by atoms with E-state index in [4.69, 9.17) is 4.74 Å². The molecule has 0 saturated carbocycles. The van der Waals surface area contributed by atoms with E-state index in [-0.39, 0.29) is 17.4 Å². The summed E-state index contributed by atoms with van der Waals surface area (Å²) in [7, 11) is 0. The first kappa shape index (κ1) is 16.6. The third-order valence-corrected chi connectivity index (χ3v) is 4.20. The number of thiazole rings is 1. The number of nitrogens with zero attached hydrogens (tertiary/aromatic N) is 2. The predicted molar refractivity (Wildman–Crippen MR) is 92.6 cm³/mol. The highest BCUT2D eigenvalue weighted by Crippen LogP contribution is 2.32. The van der Waals surface area contributed by atoms with E-state index in [2.05, 4.69) is 15.3 Å². The molecule has 0 fully saturated rings. The SMILES string of the molecule is O=C(Nc1nc(C(=O)O)c(-c2cccnc2)s1)OCc1ccccc1. The highest BCUT2D eigenvalue weighted by molar-refractivity contribution is 7.19. The van der Waals surface area contributed by atoms with Crippen LogP contribution in [0.2, 0.25) is 0 Å². The van der Waals surface area contributed by atoms with E-state index in [1.54, 1.807) is 18.3 Å². The predicted octanol–water partition coefficient (Wildman–Crippen LogP) is 3.65. The van der Waals surface area contributed by atoms with Crippen molar-refractivity contribution in [2.24, 2.45) is 0 Å². The van der Waals surface area contributed by atoms with Crippen LogP contribution in [0.4, 0.5) is 9.93 Å². The van der Waals surface area contributed by atoms with Crippen LogP contribution in [0.5, 0.6) is 0 Å². The molecule has 0 unspecified atom stereocenters. The molecular formula is C17H13N3O4S. The Morgan fingerprint density at radius 3 is 2.64 bits per heavy atom. The molecule has 7 nitrogen and oxygen atoms in total. The lowest BCUT2D eigenvalue weighted by Crippen LogP contribution is -2.13. The Labute approximate surface area is 147 Å². The van der Waals surface area contributed by atoms with Gasteiger partial charge in [0.2, 0.25) is 0 Å². The molecule has 0 spiro atoms. The number of anilines is 1. The maximum Gasteiger partial charge on any atom is 0.413 e. The normalized spacial score (nSPS) is 10.2. The number of nitrogens with one attached hydrogen (secondary N) is 1.